The van der Waals surface area contributed by atoms with Gasteiger partial charge < -0.3 is 10.2 Å². The zero-order chi connectivity index (χ0) is 15.1. The molecule has 4 nitrogen and oxygen atoms in total. The summed E-state index contributed by atoms with van der Waals surface area (Å²) in [6, 6.07) is 9.34. The minimum absolute atomic E-state index is 0.000975. The van der Waals surface area contributed by atoms with Gasteiger partial charge in [-0.3, -0.25) is 0 Å². The van der Waals surface area contributed by atoms with Gasteiger partial charge in [-0.05, 0) is 18.4 Å². The SMILES string of the molecule is C=C(C(=O)O)C(C=C(CC)C(=O)O)Cc1ccccc1. The highest BCUT2D eigenvalue weighted by Gasteiger charge is 2.19. The van der Waals surface area contributed by atoms with Crippen LogP contribution in [0.2, 0.25) is 0 Å². The van der Waals surface area contributed by atoms with Gasteiger partial charge in [0.1, 0.15) is 0 Å². The summed E-state index contributed by atoms with van der Waals surface area (Å²) >= 11 is 0. The fourth-order valence-electron chi connectivity index (χ4n) is 1.89. The molecular weight excluding hydrogens is 256 g/mol. The van der Waals surface area contributed by atoms with Gasteiger partial charge in [0.15, 0.2) is 0 Å². The number of carboxylic acids is 2. The average Bonchev–Trinajstić information content (AvgIpc) is 2.43. The quantitative estimate of drug-likeness (QED) is 0.750. The van der Waals surface area contributed by atoms with Gasteiger partial charge >= 0.3 is 11.9 Å². The van der Waals surface area contributed by atoms with Crippen LogP contribution in [0.3, 0.4) is 0 Å². The van der Waals surface area contributed by atoms with Crippen LogP contribution in [0.1, 0.15) is 18.9 Å². The first-order valence-electron chi connectivity index (χ1n) is 6.35. The van der Waals surface area contributed by atoms with Crippen molar-refractivity contribution in [1.29, 1.82) is 0 Å². The zero-order valence-electron chi connectivity index (χ0n) is 11.4. The smallest absolute Gasteiger partial charge is 0.331 e. The predicted molar refractivity (Wildman–Crippen MR) is 76.4 cm³/mol. The van der Waals surface area contributed by atoms with Crippen molar-refractivity contribution in [2.24, 2.45) is 5.92 Å². The number of allylic oxidation sites excluding steroid dienone is 1. The van der Waals surface area contributed by atoms with Gasteiger partial charge in [-0.1, -0.05) is 49.9 Å². The van der Waals surface area contributed by atoms with E-state index in [0.717, 1.165) is 5.56 Å². The first-order valence-corrected chi connectivity index (χ1v) is 6.35. The molecule has 0 spiro atoms. The Bertz CT molecular complexity index is 529. The summed E-state index contributed by atoms with van der Waals surface area (Å²) < 4.78 is 0. The van der Waals surface area contributed by atoms with E-state index >= 15 is 0 Å². The zero-order valence-corrected chi connectivity index (χ0v) is 11.4. The maximum absolute atomic E-state index is 11.1. The molecule has 0 aromatic heterocycles. The summed E-state index contributed by atoms with van der Waals surface area (Å²) in [4.78, 5) is 22.2. The largest absolute Gasteiger partial charge is 0.478 e. The summed E-state index contributed by atoms with van der Waals surface area (Å²) in [5.74, 6) is -2.66. The van der Waals surface area contributed by atoms with Crippen LogP contribution in [0.25, 0.3) is 0 Å². The molecule has 0 saturated heterocycles. The molecule has 0 aliphatic carbocycles. The van der Waals surface area contributed by atoms with Crippen molar-refractivity contribution in [1.82, 2.24) is 0 Å². The molecule has 0 aliphatic heterocycles. The highest BCUT2D eigenvalue weighted by atomic mass is 16.4. The van der Waals surface area contributed by atoms with Crippen molar-refractivity contribution in [2.75, 3.05) is 0 Å². The molecule has 1 atom stereocenters. The Kier molecular flexibility index (Phi) is 5.72. The second-order valence-corrected chi connectivity index (χ2v) is 4.48. The standard InChI is InChI=1S/C16H18O4/c1-3-13(16(19)20)10-14(11(2)15(17)18)9-12-7-5-4-6-8-12/h4-8,10,14H,2-3,9H2,1H3,(H,17,18)(H,19,20). The van der Waals surface area contributed by atoms with Crippen molar-refractivity contribution in [2.45, 2.75) is 19.8 Å². The van der Waals surface area contributed by atoms with Gasteiger partial charge in [-0.15, -0.1) is 0 Å². The molecule has 106 valence electrons. The Balaban J connectivity index is 3.06. The molecule has 0 saturated carbocycles. The fraction of sp³-hybridized carbons (Fsp3) is 0.250. The second kappa shape index (κ2) is 7.28. The summed E-state index contributed by atoms with van der Waals surface area (Å²) in [5.41, 5.74) is 1.14. The van der Waals surface area contributed by atoms with E-state index in [9.17, 15) is 9.59 Å². The van der Waals surface area contributed by atoms with Crippen LogP contribution in [0, 0.1) is 5.92 Å². The van der Waals surface area contributed by atoms with Crippen LogP contribution in [0.5, 0.6) is 0 Å². The number of aliphatic carboxylic acids is 2. The van der Waals surface area contributed by atoms with E-state index in [1.54, 1.807) is 6.92 Å². The van der Waals surface area contributed by atoms with Gasteiger partial charge in [0.05, 0.1) is 0 Å². The monoisotopic (exact) mass is 274 g/mol. The van der Waals surface area contributed by atoms with E-state index in [1.165, 1.54) is 6.08 Å². The number of carbonyl (C=O) groups is 2. The van der Waals surface area contributed by atoms with Gasteiger partial charge in [0, 0.05) is 17.1 Å². The minimum atomic E-state index is -1.11. The third kappa shape index (κ3) is 4.39. The summed E-state index contributed by atoms with van der Waals surface area (Å²) in [7, 11) is 0. The molecule has 2 N–H and O–H groups in total. The molecule has 1 aromatic carbocycles. The summed E-state index contributed by atoms with van der Waals surface area (Å²) in [6.45, 7) is 5.29. The maximum atomic E-state index is 11.1. The predicted octanol–water partition coefficient (Wildman–Crippen LogP) is 2.91. The lowest BCUT2D eigenvalue weighted by molar-refractivity contribution is -0.134. The van der Waals surface area contributed by atoms with Gasteiger partial charge in [-0.2, -0.15) is 0 Å². The number of carboxylic acid groups (broad SMARTS) is 2. The van der Waals surface area contributed by atoms with Crippen LogP contribution < -0.4 is 0 Å². The Labute approximate surface area is 118 Å². The van der Waals surface area contributed by atoms with Gasteiger partial charge in [-0.25, -0.2) is 9.59 Å². The summed E-state index contributed by atoms with van der Waals surface area (Å²) in [6.07, 6.45) is 2.25. The van der Waals surface area contributed by atoms with Gasteiger partial charge in [0.2, 0.25) is 0 Å². The van der Waals surface area contributed by atoms with Crippen molar-refractivity contribution in [3.8, 4) is 0 Å². The van der Waals surface area contributed by atoms with E-state index in [0.29, 0.717) is 12.8 Å². The molecule has 0 amide bonds. The van der Waals surface area contributed by atoms with Crippen molar-refractivity contribution in [3.05, 3.63) is 59.7 Å². The second-order valence-electron chi connectivity index (χ2n) is 4.48. The van der Waals surface area contributed by atoms with Crippen LogP contribution in [-0.4, -0.2) is 22.2 Å². The maximum Gasteiger partial charge on any atom is 0.331 e. The van der Waals surface area contributed by atoms with E-state index < -0.39 is 17.9 Å². The van der Waals surface area contributed by atoms with E-state index in [1.807, 2.05) is 30.3 Å². The highest BCUT2D eigenvalue weighted by molar-refractivity contribution is 5.89. The molecule has 0 fully saturated rings. The topological polar surface area (TPSA) is 74.6 Å². The third-order valence-electron chi connectivity index (χ3n) is 3.08. The molecule has 1 aromatic rings. The molecule has 0 heterocycles. The number of benzene rings is 1. The highest BCUT2D eigenvalue weighted by Crippen LogP contribution is 2.20. The normalized spacial score (nSPS) is 12.8. The third-order valence-corrected chi connectivity index (χ3v) is 3.08. The molecule has 1 rings (SSSR count). The van der Waals surface area contributed by atoms with Crippen molar-refractivity contribution >= 4 is 11.9 Å². The molecule has 0 aliphatic rings. The first kappa shape index (κ1) is 15.7. The van der Waals surface area contributed by atoms with E-state index in [4.69, 9.17) is 10.2 Å². The summed E-state index contributed by atoms with van der Waals surface area (Å²) in [5, 5.41) is 18.1. The first-order chi connectivity index (χ1) is 9.45. The average molecular weight is 274 g/mol. The van der Waals surface area contributed by atoms with Gasteiger partial charge in [0.25, 0.3) is 0 Å². The lowest BCUT2D eigenvalue weighted by Crippen LogP contribution is -2.14. The minimum Gasteiger partial charge on any atom is -0.478 e. The molecule has 1 unspecified atom stereocenters. The van der Waals surface area contributed by atoms with Crippen molar-refractivity contribution in [3.63, 3.8) is 0 Å². The molecule has 0 bridgehead atoms. The Morgan fingerprint density at radius 2 is 1.80 bits per heavy atom. The number of rotatable bonds is 7. The Morgan fingerprint density at radius 3 is 2.25 bits per heavy atom. The Morgan fingerprint density at radius 1 is 1.20 bits per heavy atom. The fourth-order valence-corrected chi connectivity index (χ4v) is 1.89. The molecular formula is C16H18O4. The van der Waals surface area contributed by atoms with Crippen molar-refractivity contribution < 1.29 is 19.8 Å². The molecule has 0 radical (unpaired) electrons. The number of hydrogen-bond acceptors (Lipinski definition) is 2. The Hall–Kier alpha value is -2.36. The molecule has 20 heavy (non-hydrogen) atoms. The van der Waals surface area contributed by atoms with E-state index in [2.05, 4.69) is 6.58 Å². The lowest BCUT2D eigenvalue weighted by Gasteiger charge is -2.14. The van der Waals surface area contributed by atoms with E-state index in [-0.39, 0.29) is 11.1 Å². The van der Waals surface area contributed by atoms with Crippen LogP contribution >= 0.6 is 0 Å². The van der Waals surface area contributed by atoms with Crippen LogP contribution in [0.15, 0.2) is 54.1 Å². The van der Waals surface area contributed by atoms with Crippen LogP contribution in [0.4, 0.5) is 0 Å². The van der Waals surface area contributed by atoms with Crippen LogP contribution in [-0.2, 0) is 16.0 Å². The number of hydrogen-bond donors (Lipinski definition) is 2. The lowest BCUT2D eigenvalue weighted by atomic mass is 9.90. The molecule has 4 heteroatoms.